The number of carbonyl (C=O) groups is 1. The molecule has 8 nitrogen and oxygen atoms in total. The number of anilines is 1. The Morgan fingerprint density at radius 1 is 1.17 bits per heavy atom. The van der Waals surface area contributed by atoms with Crippen LogP contribution in [-0.4, -0.2) is 43.0 Å². The predicted octanol–water partition coefficient (Wildman–Crippen LogP) is 4.45. The molecule has 2 aliphatic carbocycles. The van der Waals surface area contributed by atoms with Gasteiger partial charge in [0.25, 0.3) is 5.95 Å². The van der Waals surface area contributed by atoms with E-state index >= 15 is 0 Å². The molecule has 0 bridgehead atoms. The molecule has 2 aromatic heterocycles. The van der Waals surface area contributed by atoms with Crippen LogP contribution in [0, 0.1) is 0 Å². The highest BCUT2D eigenvalue weighted by Gasteiger charge is 2.24. The van der Waals surface area contributed by atoms with E-state index in [0.717, 1.165) is 31.1 Å². The average molecular weight is 428 g/mol. The van der Waals surface area contributed by atoms with Crippen molar-refractivity contribution in [1.82, 2.24) is 19.7 Å². The van der Waals surface area contributed by atoms with E-state index < -0.39 is 5.97 Å². The van der Waals surface area contributed by atoms with Crippen LogP contribution in [0.25, 0.3) is 16.9 Å². The second-order valence-electron chi connectivity index (χ2n) is 7.95. The molecule has 30 heavy (non-hydrogen) atoms. The van der Waals surface area contributed by atoms with Crippen LogP contribution in [0.3, 0.4) is 0 Å². The highest BCUT2D eigenvalue weighted by atomic mass is 35.5. The summed E-state index contributed by atoms with van der Waals surface area (Å²) in [7, 11) is 0. The number of nitrogens with one attached hydrogen (secondary N) is 1. The maximum Gasteiger partial charge on any atom is 0.338 e. The van der Waals surface area contributed by atoms with E-state index in [1.165, 1.54) is 36.3 Å². The van der Waals surface area contributed by atoms with Gasteiger partial charge in [-0.25, -0.2) is 14.5 Å². The third kappa shape index (κ3) is 3.92. The molecule has 3 aromatic rings. The fourth-order valence-electron chi connectivity index (χ4n) is 3.75. The van der Waals surface area contributed by atoms with Crippen LogP contribution in [0.2, 0.25) is 5.02 Å². The Bertz CT molecular complexity index is 1110. The van der Waals surface area contributed by atoms with Crippen LogP contribution in [0.1, 0.15) is 55.3 Å². The molecule has 2 aliphatic rings. The summed E-state index contributed by atoms with van der Waals surface area (Å²) in [5, 5.41) is 18.0. The van der Waals surface area contributed by atoms with Gasteiger partial charge in [0.1, 0.15) is 11.6 Å². The maximum absolute atomic E-state index is 11.2. The number of hydrogen-bond acceptors (Lipinski definition) is 6. The molecule has 2 saturated carbocycles. The van der Waals surface area contributed by atoms with Gasteiger partial charge in [-0.2, -0.15) is 10.1 Å². The van der Waals surface area contributed by atoms with Crippen LogP contribution in [0.5, 0.6) is 5.75 Å². The third-order valence-electron chi connectivity index (χ3n) is 5.54. The van der Waals surface area contributed by atoms with Gasteiger partial charge in [0.15, 0.2) is 0 Å². The first-order valence-corrected chi connectivity index (χ1v) is 10.7. The van der Waals surface area contributed by atoms with E-state index in [4.69, 9.17) is 21.4 Å². The highest BCUT2D eigenvalue weighted by molar-refractivity contribution is 6.32. The van der Waals surface area contributed by atoms with Gasteiger partial charge < -0.3 is 15.2 Å². The molecule has 0 saturated heterocycles. The molecular weight excluding hydrogens is 406 g/mol. The zero-order chi connectivity index (χ0) is 20.7. The van der Waals surface area contributed by atoms with E-state index in [9.17, 15) is 4.79 Å². The van der Waals surface area contributed by atoms with Crippen LogP contribution >= 0.6 is 11.6 Å². The van der Waals surface area contributed by atoms with Crippen molar-refractivity contribution in [3.05, 3.63) is 35.1 Å². The second kappa shape index (κ2) is 7.75. The van der Waals surface area contributed by atoms with Crippen LogP contribution in [0.15, 0.2) is 24.5 Å². The molecule has 5 rings (SSSR count). The Hall–Kier alpha value is -2.87. The number of carboxylic acids is 1. The van der Waals surface area contributed by atoms with Crippen molar-refractivity contribution >= 4 is 34.3 Å². The standard InChI is InChI=1S/C21H22ClN5O3/c22-16-9-17-15(8-18(16)30-14-4-2-1-3-5-14)19(24-13-6-7-13)26-21(25-17)27-11-12(10-23-27)20(28)29/h8-11,13-14H,1-7H2,(H,28,29)(H,24,25,26). The first-order chi connectivity index (χ1) is 14.6. The molecule has 0 unspecified atom stereocenters. The average Bonchev–Trinajstić information content (AvgIpc) is 3.40. The summed E-state index contributed by atoms with van der Waals surface area (Å²) in [6.45, 7) is 0. The van der Waals surface area contributed by atoms with Gasteiger partial charge in [0.2, 0.25) is 0 Å². The zero-order valence-corrected chi connectivity index (χ0v) is 17.1. The quantitative estimate of drug-likeness (QED) is 0.598. The number of aromatic carboxylic acids is 1. The number of carboxylic acid groups (broad SMARTS) is 1. The number of rotatable bonds is 6. The largest absolute Gasteiger partial charge is 0.489 e. The molecule has 0 radical (unpaired) electrons. The lowest BCUT2D eigenvalue weighted by atomic mass is 9.98. The second-order valence-corrected chi connectivity index (χ2v) is 8.35. The van der Waals surface area contributed by atoms with Gasteiger partial charge in [0, 0.05) is 17.6 Å². The minimum Gasteiger partial charge on any atom is -0.489 e. The number of benzene rings is 1. The molecule has 0 spiro atoms. The fraction of sp³-hybridized carbons (Fsp3) is 0.429. The van der Waals surface area contributed by atoms with Crippen molar-refractivity contribution in [2.24, 2.45) is 0 Å². The third-order valence-corrected chi connectivity index (χ3v) is 5.83. The number of nitrogens with zero attached hydrogens (tertiary/aromatic N) is 4. The van der Waals surface area contributed by atoms with E-state index in [-0.39, 0.29) is 17.6 Å². The SMILES string of the molecule is O=C(O)c1cnn(-c2nc(NC3CC3)c3cc(OC4CCCCC4)c(Cl)cc3n2)c1. The summed E-state index contributed by atoms with van der Waals surface area (Å²) >= 11 is 6.53. The number of fused-ring (bicyclic) bond motifs is 1. The Labute approximate surface area is 178 Å². The van der Waals surface area contributed by atoms with Gasteiger partial charge in [-0.1, -0.05) is 18.0 Å². The lowest BCUT2D eigenvalue weighted by Gasteiger charge is -2.24. The molecule has 0 atom stereocenters. The zero-order valence-electron chi connectivity index (χ0n) is 16.3. The predicted molar refractivity (Wildman–Crippen MR) is 113 cm³/mol. The summed E-state index contributed by atoms with van der Waals surface area (Å²) in [6, 6.07) is 4.06. The first kappa shape index (κ1) is 19.1. The lowest BCUT2D eigenvalue weighted by Crippen LogP contribution is -2.19. The molecule has 2 fully saturated rings. The molecule has 9 heteroatoms. The van der Waals surface area contributed by atoms with Crippen molar-refractivity contribution in [1.29, 1.82) is 0 Å². The van der Waals surface area contributed by atoms with Gasteiger partial charge in [-0.15, -0.1) is 0 Å². The number of aromatic nitrogens is 4. The van der Waals surface area contributed by atoms with E-state index in [0.29, 0.717) is 28.1 Å². The van der Waals surface area contributed by atoms with Crippen LogP contribution in [0.4, 0.5) is 5.82 Å². The Kier molecular flexibility index (Phi) is 4.94. The normalized spacial score (nSPS) is 17.2. The summed E-state index contributed by atoms with van der Waals surface area (Å²) in [6.07, 6.45) is 10.7. The number of halogens is 1. The topological polar surface area (TPSA) is 102 Å². The van der Waals surface area contributed by atoms with E-state index in [1.807, 2.05) is 6.07 Å². The molecule has 156 valence electrons. The van der Waals surface area contributed by atoms with E-state index in [1.54, 1.807) is 6.07 Å². The molecule has 0 amide bonds. The van der Waals surface area contributed by atoms with Crippen molar-refractivity contribution in [3.8, 4) is 11.7 Å². The Morgan fingerprint density at radius 3 is 2.67 bits per heavy atom. The Morgan fingerprint density at radius 2 is 1.97 bits per heavy atom. The van der Waals surface area contributed by atoms with Crippen LogP contribution < -0.4 is 10.1 Å². The molecule has 0 aliphatic heterocycles. The van der Waals surface area contributed by atoms with Crippen molar-refractivity contribution in [2.75, 3.05) is 5.32 Å². The van der Waals surface area contributed by atoms with Gasteiger partial charge >= 0.3 is 5.97 Å². The fourth-order valence-corrected chi connectivity index (χ4v) is 3.95. The molecular formula is C21H22ClN5O3. The number of ether oxygens (including phenoxy) is 1. The van der Waals surface area contributed by atoms with Crippen LogP contribution in [-0.2, 0) is 0 Å². The molecule has 2 N–H and O–H groups in total. The maximum atomic E-state index is 11.2. The summed E-state index contributed by atoms with van der Waals surface area (Å²) in [5.41, 5.74) is 0.723. The summed E-state index contributed by atoms with van der Waals surface area (Å²) < 4.78 is 7.58. The van der Waals surface area contributed by atoms with Gasteiger partial charge in [0.05, 0.1) is 28.4 Å². The van der Waals surface area contributed by atoms with Crippen molar-refractivity contribution in [3.63, 3.8) is 0 Å². The minimum absolute atomic E-state index is 0.0738. The van der Waals surface area contributed by atoms with Gasteiger partial charge in [-0.05, 0) is 50.7 Å². The minimum atomic E-state index is -1.05. The Balaban J connectivity index is 1.55. The smallest absolute Gasteiger partial charge is 0.338 e. The molecule has 1 aromatic carbocycles. The first-order valence-electron chi connectivity index (χ1n) is 10.3. The molecule has 2 heterocycles. The summed E-state index contributed by atoms with van der Waals surface area (Å²) in [4.78, 5) is 20.4. The lowest BCUT2D eigenvalue weighted by molar-refractivity contribution is 0.0697. The van der Waals surface area contributed by atoms with E-state index in [2.05, 4.69) is 20.4 Å². The van der Waals surface area contributed by atoms with Crippen molar-refractivity contribution in [2.45, 2.75) is 57.1 Å². The van der Waals surface area contributed by atoms with Crippen molar-refractivity contribution < 1.29 is 14.6 Å². The highest BCUT2D eigenvalue weighted by Crippen LogP contribution is 2.36. The monoisotopic (exact) mass is 427 g/mol. The number of hydrogen-bond donors (Lipinski definition) is 2. The summed E-state index contributed by atoms with van der Waals surface area (Å²) in [5.74, 6) is 0.564. The van der Waals surface area contributed by atoms with Gasteiger partial charge in [-0.3, -0.25) is 0 Å².